The fraction of sp³-hybridized carbons (Fsp3) is 0.429. The van der Waals surface area contributed by atoms with E-state index in [2.05, 4.69) is 0 Å². The number of hydrogen-bond acceptors (Lipinski definition) is 3. The summed E-state index contributed by atoms with van der Waals surface area (Å²) in [5.74, 6) is -0.776. The third-order valence-electron chi connectivity index (χ3n) is 3.19. The Bertz CT molecular complexity index is 521. The van der Waals surface area contributed by atoms with Gasteiger partial charge >= 0.3 is 0 Å². The van der Waals surface area contributed by atoms with Crippen LogP contribution in [0, 0.1) is 13.8 Å². The number of amides is 1. The van der Waals surface area contributed by atoms with Crippen LogP contribution in [0.15, 0.2) is 12.1 Å². The number of nitrogens with zero attached hydrogens (tertiary/aromatic N) is 2. The smallest absolute Gasteiger partial charge is 0.299 e. The maximum absolute atomic E-state index is 12.0. The number of carbonyl (C=O) groups is 2. The van der Waals surface area contributed by atoms with Gasteiger partial charge in [-0.3, -0.25) is 9.59 Å². The second-order valence-corrected chi connectivity index (χ2v) is 5.07. The number of anilines is 1. The molecule has 0 saturated heterocycles. The molecule has 0 bridgehead atoms. The van der Waals surface area contributed by atoms with Crippen LogP contribution in [0.3, 0.4) is 0 Å². The Balaban J connectivity index is 2.41. The van der Waals surface area contributed by atoms with Gasteiger partial charge in [-0.1, -0.05) is 6.07 Å². The lowest BCUT2D eigenvalue weighted by Gasteiger charge is -2.19. The fourth-order valence-corrected chi connectivity index (χ4v) is 2.31. The number of hydrogen-bond donors (Lipinski definition) is 0. The molecule has 0 fully saturated rings. The normalized spacial score (nSPS) is 14.6. The first-order valence-electron chi connectivity index (χ1n) is 6.04. The molecule has 0 unspecified atom stereocenters. The minimum atomic E-state index is -0.402. The van der Waals surface area contributed by atoms with Gasteiger partial charge in [0.25, 0.3) is 11.7 Å². The largest absolute Gasteiger partial charge is 0.308 e. The summed E-state index contributed by atoms with van der Waals surface area (Å²) in [5.41, 5.74) is 3.30. The summed E-state index contributed by atoms with van der Waals surface area (Å²) >= 11 is 0. The van der Waals surface area contributed by atoms with Gasteiger partial charge in [-0.2, -0.15) is 0 Å². The van der Waals surface area contributed by atoms with Gasteiger partial charge in [0.1, 0.15) is 0 Å². The molecule has 0 spiro atoms. The van der Waals surface area contributed by atoms with E-state index >= 15 is 0 Å². The number of likely N-dealkylation sites (N-methyl/N-ethyl adjacent to an activating group) is 1. The van der Waals surface area contributed by atoms with Crippen molar-refractivity contribution in [1.82, 2.24) is 4.90 Å². The molecule has 0 atom stereocenters. The molecule has 4 heteroatoms. The first-order valence-corrected chi connectivity index (χ1v) is 6.04. The summed E-state index contributed by atoms with van der Waals surface area (Å²) in [6.07, 6.45) is 0. The van der Waals surface area contributed by atoms with Crippen LogP contribution in [0.5, 0.6) is 0 Å². The van der Waals surface area contributed by atoms with Crippen molar-refractivity contribution in [2.75, 3.05) is 32.1 Å². The van der Waals surface area contributed by atoms with Crippen LogP contribution in [0.2, 0.25) is 0 Å². The standard InChI is InChI=1S/C14H18N2O2/c1-9-7-10(2)12-11(8-9)16(6-5-15(3)4)14(18)13(12)17/h7-8H,5-6H2,1-4H3. The molecule has 18 heavy (non-hydrogen) atoms. The highest BCUT2D eigenvalue weighted by atomic mass is 16.2. The first kappa shape index (κ1) is 12.8. The van der Waals surface area contributed by atoms with E-state index in [1.54, 1.807) is 4.90 Å². The molecule has 0 N–H and O–H groups in total. The quantitative estimate of drug-likeness (QED) is 0.757. The zero-order chi connectivity index (χ0) is 13.4. The van der Waals surface area contributed by atoms with E-state index in [1.807, 2.05) is 45.0 Å². The van der Waals surface area contributed by atoms with Gasteiger partial charge in [-0.05, 0) is 45.1 Å². The Morgan fingerprint density at radius 1 is 1.17 bits per heavy atom. The summed E-state index contributed by atoms with van der Waals surface area (Å²) in [5, 5.41) is 0. The molecule has 0 saturated carbocycles. The summed E-state index contributed by atoms with van der Waals surface area (Å²) in [4.78, 5) is 27.6. The summed E-state index contributed by atoms with van der Waals surface area (Å²) in [7, 11) is 3.90. The number of carbonyl (C=O) groups excluding carboxylic acids is 2. The van der Waals surface area contributed by atoms with Crippen molar-refractivity contribution in [2.24, 2.45) is 0 Å². The molecule has 0 radical (unpaired) electrons. The van der Waals surface area contributed by atoms with E-state index in [0.29, 0.717) is 12.1 Å². The number of fused-ring (bicyclic) bond motifs is 1. The van der Waals surface area contributed by atoms with E-state index in [-0.39, 0.29) is 5.78 Å². The van der Waals surface area contributed by atoms with Gasteiger partial charge in [0.15, 0.2) is 0 Å². The number of Topliss-reactive ketones (excluding diaryl/α,β-unsaturated/α-hetero) is 1. The monoisotopic (exact) mass is 246 g/mol. The maximum atomic E-state index is 12.0. The summed E-state index contributed by atoms with van der Waals surface area (Å²) < 4.78 is 0. The van der Waals surface area contributed by atoms with Crippen molar-refractivity contribution < 1.29 is 9.59 Å². The van der Waals surface area contributed by atoms with E-state index in [4.69, 9.17) is 0 Å². The van der Waals surface area contributed by atoms with Crippen molar-refractivity contribution in [1.29, 1.82) is 0 Å². The van der Waals surface area contributed by atoms with Crippen LogP contribution in [0.25, 0.3) is 0 Å². The zero-order valence-corrected chi connectivity index (χ0v) is 11.3. The Hall–Kier alpha value is -1.68. The van der Waals surface area contributed by atoms with Crippen LogP contribution in [0.4, 0.5) is 5.69 Å². The molecule has 4 nitrogen and oxygen atoms in total. The number of aryl methyl sites for hydroxylation is 2. The zero-order valence-electron chi connectivity index (χ0n) is 11.3. The van der Waals surface area contributed by atoms with Crippen molar-refractivity contribution >= 4 is 17.4 Å². The highest BCUT2D eigenvalue weighted by molar-refractivity contribution is 6.52. The Morgan fingerprint density at radius 2 is 1.83 bits per heavy atom. The molecule has 1 aromatic rings. The molecule has 1 aromatic carbocycles. The molecule has 1 aliphatic heterocycles. The molecule has 1 amide bonds. The number of ketones is 1. The van der Waals surface area contributed by atoms with Gasteiger partial charge in [0, 0.05) is 13.1 Å². The third-order valence-corrected chi connectivity index (χ3v) is 3.19. The molecule has 0 aliphatic carbocycles. The minimum Gasteiger partial charge on any atom is -0.308 e. The molecule has 2 rings (SSSR count). The van der Waals surface area contributed by atoms with Crippen molar-refractivity contribution in [2.45, 2.75) is 13.8 Å². The average Bonchev–Trinajstić information content (AvgIpc) is 2.49. The van der Waals surface area contributed by atoms with Gasteiger partial charge in [0.2, 0.25) is 0 Å². The van der Waals surface area contributed by atoms with E-state index in [0.717, 1.165) is 23.4 Å². The van der Waals surface area contributed by atoms with Crippen LogP contribution in [0.1, 0.15) is 21.5 Å². The second-order valence-electron chi connectivity index (χ2n) is 5.07. The maximum Gasteiger partial charge on any atom is 0.299 e. The molecule has 0 aromatic heterocycles. The highest BCUT2D eigenvalue weighted by Gasteiger charge is 2.36. The summed E-state index contributed by atoms with van der Waals surface area (Å²) in [6, 6.07) is 3.86. The van der Waals surface area contributed by atoms with Crippen LogP contribution in [-0.4, -0.2) is 43.8 Å². The van der Waals surface area contributed by atoms with Crippen LogP contribution >= 0.6 is 0 Å². The fourth-order valence-electron chi connectivity index (χ4n) is 2.31. The SMILES string of the molecule is Cc1cc(C)c2c(c1)N(CCN(C)C)C(=O)C2=O. The molecule has 1 heterocycles. The minimum absolute atomic E-state index is 0.374. The lowest BCUT2D eigenvalue weighted by molar-refractivity contribution is -0.114. The topological polar surface area (TPSA) is 40.6 Å². The van der Waals surface area contributed by atoms with Gasteiger partial charge in [-0.25, -0.2) is 0 Å². The van der Waals surface area contributed by atoms with Crippen molar-refractivity contribution in [3.63, 3.8) is 0 Å². The van der Waals surface area contributed by atoms with Gasteiger partial charge < -0.3 is 9.80 Å². The lowest BCUT2D eigenvalue weighted by Crippen LogP contribution is -2.35. The van der Waals surface area contributed by atoms with Crippen molar-refractivity contribution in [3.05, 3.63) is 28.8 Å². The first-order chi connectivity index (χ1) is 8.41. The van der Waals surface area contributed by atoms with Crippen LogP contribution in [-0.2, 0) is 4.79 Å². The lowest BCUT2D eigenvalue weighted by atomic mass is 10.0. The third kappa shape index (κ3) is 2.04. The highest BCUT2D eigenvalue weighted by Crippen LogP contribution is 2.32. The van der Waals surface area contributed by atoms with Gasteiger partial charge in [-0.15, -0.1) is 0 Å². The van der Waals surface area contributed by atoms with E-state index in [9.17, 15) is 9.59 Å². The Kier molecular flexibility index (Phi) is 3.22. The molecule has 1 aliphatic rings. The average molecular weight is 246 g/mol. The summed E-state index contributed by atoms with van der Waals surface area (Å²) in [6.45, 7) is 5.15. The Labute approximate surface area is 107 Å². The predicted molar refractivity (Wildman–Crippen MR) is 71.2 cm³/mol. The van der Waals surface area contributed by atoms with Crippen molar-refractivity contribution in [3.8, 4) is 0 Å². The second kappa shape index (κ2) is 4.53. The molecule has 96 valence electrons. The van der Waals surface area contributed by atoms with E-state index < -0.39 is 5.91 Å². The number of rotatable bonds is 3. The number of benzene rings is 1. The van der Waals surface area contributed by atoms with Gasteiger partial charge in [0.05, 0.1) is 11.3 Å². The predicted octanol–water partition coefficient (Wildman–Crippen LogP) is 1.39. The Morgan fingerprint density at radius 3 is 2.44 bits per heavy atom. The molecular formula is C14H18N2O2. The molecular weight excluding hydrogens is 228 g/mol. The van der Waals surface area contributed by atoms with E-state index in [1.165, 1.54) is 0 Å². The van der Waals surface area contributed by atoms with Crippen LogP contribution < -0.4 is 4.90 Å².